The summed E-state index contributed by atoms with van der Waals surface area (Å²) in [6.07, 6.45) is 0.117. The van der Waals surface area contributed by atoms with Crippen LogP contribution in [0.2, 0.25) is 5.02 Å². The fourth-order valence-electron chi connectivity index (χ4n) is 2.02. The molecule has 0 amide bonds. The molecule has 0 bridgehead atoms. The number of nitrogens with one attached hydrogen (secondary N) is 1. The normalized spacial score (nSPS) is 12.0. The second-order valence-corrected chi connectivity index (χ2v) is 5.81. The second-order valence-electron chi connectivity index (χ2n) is 5.40. The highest BCUT2D eigenvalue weighted by Gasteiger charge is 2.09. The predicted octanol–water partition coefficient (Wildman–Crippen LogP) is 5.01. The highest BCUT2D eigenvalue weighted by Crippen LogP contribution is 2.26. The van der Waals surface area contributed by atoms with E-state index in [1.807, 2.05) is 69.3 Å². The first-order chi connectivity index (χ1) is 10.6. The van der Waals surface area contributed by atoms with Gasteiger partial charge in [0.05, 0.1) is 23.4 Å². The molecular formula is C18H22ClNO2. The van der Waals surface area contributed by atoms with Gasteiger partial charge < -0.3 is 14.8 Å². The zero-order chi connectivity index (χ0) is 15.9. The molecule has 0 aliphatic carbocycles. The van der Waals surface area contributed by atoms with Crippen molar-refractivity contribution in [2.75, 3.05) is 11.9 Å². The number of rotatable bonds is 7. The lowest BCUT2D eigenvalue weighted by Gasteiger charge is -2.19. The smallest absolute Gasteiger partial charge is 0.142 e. The summed E-state index contributed by atoms with van der Waals surface area (Å²) in [5.74, 6) is 1.55. The van der Waals surface area contributed by atoms with Crippen LogP contribution in [0.15, 0.2) is 48.5 Å². The molecule has 0 heterocycles. The largest absolute Gasteiger partial charge is 0.489 e. The molecule has 1 atom stereocenters. The Balaban J connectivity index is 1.94. The minimum Gasteiger partial charge on any atom is -0.489 e. The Hall–Kier alpha value is -1.87. The monoisotopic (exact) mass is 319 g/mol. The van der Waals surface area contributed by atoms with Gasteiger partial charge in [-0.15, -0.1) is 0 Å². The maximum atomic E-state index is 6.10. The molecule has 2 aromatic rings. The third kappa shape index (κ3) is 4.85. The minimum atomic E-state index is -0.0213. The van der Waals surface area contributed by atoms with Gasteiger partial charge in [-0.25, -0.2) is 0 Å². The molecule has 2 aromatic carbocycles. The zero-order valence-corrected chi connectivity index (χ0v) is 13.9. The van der Waals surface area contributed by atoms with Crippen molar-refractivity contribution in [3.05, 3.63) is 53.6 Å². The minimum absolute atomic E-state index is 0.0213. The number of benzene rings is 2. The molecule has 22 heavy (non-hydrogen) atoms. The maximum absolute atomic E-state index is 6.10. The molecule has 1 unspecified atom stereocenters. The average Bonchev–Trinajstić information content (AvgIpc) is 2.48. The van der Waals surface area contributed by atoms with E-state index in [0.29, 0.717) is 17.3 Å². The Morgan fingerprint density at radius 2 is 1.55 bits per heavy atom. The van der Waals surface area contributed by atoms with Gasteiger partial charge in [0, 0.05) is 0 Å². The summed E-state index contributed by atoms with van der Waals surface area (Å²) in [6, 6.07) is 15.4. The molecule has 0 aromatic heterocycles. The molecule has 0 aliphatic rings. The number of hydrogen-bond acceptors (Lipinski definition) is 3. The van der Waals surface area contributed by atoms with Crippen molar-refractivity contribution < 1.29 is 9.47 Å². The summed E-state index contributed by atoms with van der Waals surface area (Å²) in [6.45, 7) is 6.69. The van der Waals surface area contributed by atoms with Crippen LogP contribution >= 0.6 is 11.6 Å². The summed E-state index contributed by atoms with van der Waals surface area (Å²) in [4.78, 5) is 0. The molecule has 1 N–H and O–H groups in total. The fraction of sp³-hybridized carbons (Fsp3) is 0.333. The van der Waals surface area contributed by atoms with Crippen LogP contribution < -0.4 is 14.8 Å². The van der Waals surface area contributed by atoms with Crippen LogP contribution in [0.4, 0.5) is 5.69 Å². The first kappa shape index (κ1) is 16.5. The highest BCUT2D eigenvalue weighted by molar-refractivity contribution is 6.32. The topological polar surface area (TPSA) is 30.5 Å². The fourth-order valence-corrected chi connectivity index (χ4v) is 2.20. The van der Waals surface area contributed by atoms with E-state index in [1.165, 1.54) is 0 Å². The lowest BCUT2D eigenvalue weighted by atomic mass is 10.2. The molecule has 118 valence electrons. The van der Waals surface area contributed by atoms with Crippen molar-refractivity contribution in [1.82, 2.24) is 0 Å². The third-order valence-corrected chi connectivity index (χ3v) is 3.31. The summed E-state index contributed by atoms with van der Waals surface area (Å²) in [5.41, 5.74) is 0.964. The van der Waals surface area contributed by atoms with Gasteiger partial charge in [0.15, 0.2) is 0 Å². The van der Waals surface area contributed by atoms with Crippen molar-refractivity contribution in [2.45, 2.75) is 33.0 Å². The van der Waals surface area contributed by atoms with E-state index in [0.717, 1.165) is 11.4 Å². The molecule has 0 radical (unpaired) electrons. The zero-order valence-electron chi connectivity index (χ0n) is 13.2. The highest BCUT2D eigenvalue weighted by atomic mass is 35.5. The second kappa shape index (κ2) is 7.95. The Kier molecular flexibility index (Phi) is 5.96. The Labute approximate surface area is 137 Å². The van der Waals surface area contributed by atoms with Crippen LogP contribution in [0.3, 0.4) is 0 Å². The number of para-hydroxylation sites is 3. The van der Waals surface area contributed by atoms with Crippen LogP contribution in [0.1, 0.15) is 20.8 Å². The van der Waals surface area contributed by atoms with E-state index in [-0.39, 0.29) is 12.2 Å². The van der Waals surface area contributed by atoms with Crippen molar-refractivity contribution >= 4 is 17.3 Å². The number of anilines is 1. The Bertz CT molecular complexity index is 601. The van der Waals surface area contributed by atoms with Crippen molar-refractivity contribution in [3.8, 4) is 11.5 Å². The molecular weight excluding hydrogens is 298 g/mol. The van der Waals surface area contributed by atoms with Crippen molar-refractivity contribution in [1.29, 1.82) is 0 Å². The number of halogens is 1. The molecule has 0 saturated carbocycles. The molecule has 4 heteroatoms. The SMILES string of the molecule is CC(C)Oc1ccccc1NCC(C)Oc1ccccc1Cl. The predicted molar refractivity (Wildman–Crippen MR) is 92.2 cm³/mol. The summed E-state index contributed by atoms with van der Waals surface area (Å²) >= 11 is 6.10. The molecule has 0 aliphatic heterocycles. The first-order valence-corrected chi connectivity index (χ1v) is 7.85. The Morgan fingerprint density at radius 1 is 0.909 bits per heavy atom. The third-order valence-electron chi connectivity index (χ3n) is 2.99. The van der Waals surface area contributed by atoms with Gasteiger partial charge in [-0.05, 0) is 45.0 Å². The van der Waals surface area contributed by atoms with Crippen molar-refractivity contribution in [3.63, 3.8) is 0 Å². The van der Waals surface area contributed by atoms with Gasteiger partial charge in [-0.1, -0.05) is 35.9 Å². The number of hydrogen-bond donors (Lipinski definition) is 1. The summed E-state index contributed by atoms with van der Waals surface area (Å²) in [7, 11) is 0. The summed E-state index contributed by atoms with van der Waals surface area (Å²) < 4.78 is 11.6. The van der Waals surface area contributed by atoms with Gasteiger partial charge in [0.2, 0.25) is 0 Å². The van der Waals surface area contributed by atoms with Crippen LogP contribution in [-0.4, -0.2) is 18.8 Å². The van der Waals surface area contributed by atoms with Crippen LogP contribution in [0, 0.1) is 0 Å². The summed E-state index contributed by atoms with van der Waals surface area (Å²) in [5, 5.41) is 3.99. The van der Waals surface area contributed by atoms with E-state index in [1.54, 1.807) is 0 Å². The van der Waals surface area contributed by atoms with Crippen molar-refractivity contribution in [2.24, 2.45) is 0 Å². The lowest BCUT2D eigenvalue weighted by Crippen LogP contribution is -2.23. The van der Waals surface area contributed by atoms with E-state index in [2.05, 4.69) is 5.32 Å². The van der Waals surface area contributed by atoms with E-state index in [9.17, 15) is 0 Å². The lowest BCUT2D eigenvalue weighted by molar-refractivity contribution is 0.233. The average molecular weight is 320 g/mol. The van der Waals surface area contributed by atoms with Gasteiger partial charge in [0.1, 0.15) is 17.6 Å². The number of ether oxygens (including phenoxy) is 2. The molecule has 2 rings (SSSR count). The maximum Gasteiger partial charge on any atom is 0.142 e. The molecule has 3 nitrogen and oxygen atoms in total. The first-order valence-electron chi connectivity index (χ1n) is 7.47. The van der Waals surface area contributed by atoms with Gasteiger partial charge in [0.25, 0.3) is 0 Å². The van der Waals surface area contributed by atoms with E-state index >= 15 is 0 Å². The van der Waals surface area contributed by atoms with Crippen LogP contribution in [-0.2, 0) is 0 Å². The van der Waals surface area contributed by atoms with Gasteiger partial charge in [-0.2, -0.15) is 0 Å². The molecule has 0 saturated heterocycles. The van der Waals surface area contributed by atoms with Gasteiger partial charge >= 0.3 is 0 Å². The van der Waals surface area contributed by atoms with E-state index < -0.39 is 0 Å². The van der Waals surface area contributed by atoms with Crippen LogP contribution in [0.5, 0.6) is 11.5 Å². The van der Waals surface area contributed by atoms with Crippen LogP contribution in [0.25, 0.3) is 0 Å². The Morgan fingerprint density at radius 3 is 2.23 bits per heavy atom. The molecule has 0 fully saturated rings. The quantitative estimate of drug-likeness (QED) is 0.778. The van der Waals surface area contributed by atoms with E-state index in [4.69, 9.17) is 21.1 Å². The standard InChI is InChI=1S/C18H22ClNO2/c1-13(2)21-18-11-7-5-9-16(18)20-12-14(3)22-17-10-6-4-8-15(17)19/h4-11,13-14,20H,12H2,1-3H3. The van der Waals surface area contributed by atoms with Gasteiger partial charge in [-0.3, -0.25) is 0 Å². The molecule has 0 spiro atoms.